The van der Waals surface area contributed by atoms with Gasteiger partial charge in [0.25, 0.3) is 5.69 Å². The molecule has 5 nitrogen and oxygen atoms in total. The Kier molecular flexibility index (Phi) is 4.13. The van der Waals surface area contributed by atoms with Crippen LogP contribution in [0.4, 0.5) is 5.69 Å². The Hall–Kier alpha value is -1.75. The molecular formula is C11H13NO4. The largest absolute Gasteiger partial charge is 0.377 e. The van der Waals surface area contributed by atoms with Crippen LogP contribution in [-0.4, -0.2) is 24.4 Å². The molecule has 1 rings (SSSR count). The number of benzene rings is 1. The highest BCUT2D eigenvalue weighted by atomic mass is 16.6. The molecule has 0 spiro atoms. The molecule has 0 saturated carbocycles. The smallest absolute Gasteiger partial charge is 0.273 e. The van der Waals surface area contributed by atoms with Crippen LogP contribution in [-0.2, 0) is 16.0 Å². The summed E-state index contributed by atoms with van der Waals surface area (Å²) >= 11 is 0. The molecule has 0 fully saturated rings. The number of methoxy groups -OCH3 is 1. The number of Topliss-reactive ketones (excluding diaryl/α,β-unsaturated/α-hetero) is 1. The van der Waals surface area contributed by atoms with Crippen LogP contribution in [0.2, 0.25) is 0 Å². The van der Waals surface area contributed by atoms with Crippen molar-refractivity contribution >= 4 is 11.5 Å². The van der Waals surface area contributed by atoms with Crippen molar-refractivity contribution in [3.8, 4) is 0 Å². The lowest BCUT2D eigenvalue weighted by Crippen LogP contribution is -2.11. The normalized spacial score (nSPS) is 10.1. The van der Waals surface area contributed by atoms with E-state index in [4.69, 9.17) is 0 Å². The lowest BCUT2D eigenvalue weighted by atomic mass is 10.0. The molecule has 0 aromatic heterocycles. The van der Waals surface area contributed by atoms with Crippen LogP contribution >= 0.6 is 0 Å². The minimum absolute atomic E-state index is 0.00977. The zero-order valence-electron chi connectivity index (χ0n) is 9.23. The number of aryl methyl sites for hydroxylation is 1. The third-order valence-corrected chi connectivity index (χ3v) is 2.13. The average molecular weight is 223 g/mol. The van der Waals surface area contributed by atoms with Gasteiger partial charge >= 0.3 is 0 Å². The molecule has 1 aromatic rings. The predicted octanol–water partition coefficient (Wildman–Crippen LogP) is 1.66. The Morgan fingerprint density at radius 1 is 1.50 bits per heavy atom. The number of rotatable bonds is 5. The van der Waals surface area contributed by atoms with Crippen molar-refractivity contribution in [1.82, 2.24) is 0 Å². The van der Waals surface area contributed by atoms with Crippen LogP contribution in [0.15, 0.2) is 18.2 Å². The van der Waals surface area contributed by atoms with E-state index in [1.807, 2.05) is 0 Å². The van der Waals surface area contributed by atoms with Gasteiger partial charge in [0.2, 0.25) is 0 Å². The van der Waals surface area contributed by atoms with E-state index in [9.17, 15) is 14.9 Å². The van der Waals surface area contributed by atoms with Crippen molar-refractivity contribution in [2.75, 3.05) is 13.7 Å². The molecule has 0 aliphatic carbocycles. The zero-order valence-corrected chi connectivity index (χ0v) is 9.23. The fraction of sp³-hybridized carbons (Fsp3) is 0.364. The third-order valence-electron chi connectivity index (χ3n) is 2.13. The molecule has 0 heterocycles. The second kappa shape index (κ2) is 5.37. The number of ether oxygens (including phenoxy) is 1. The molecular weight excluding hydrogens is 210 g/mol. The van der Waals surface area contributed by atoms with Crippen molar-refractivity contribution in [3.05, 3.63) is 39.4 Å². The van der Waals surface area contributed by atoms with Gasteiger partial charge in [0.1, 0.15) is 6.61 Å². The highest BCUT2D eigenvalue weighted by molar-refractivity contribution is 5.83. The van der Waals surface area contributed by atoms with Crippen molar-refractivity contribution < 1.29 is 14.5 Å². The Morgan fingerprint density at radius 3 is 2.75 bits per heavy atom. The summed E-state index contributed by atoms with van der Waals surface area (Å²) in [4.78, 5) is 21.6. The number of ketones is 1. The molecule has 0 bridgehead atoms. The lowest BCUT2D eigenvalue weighted by Gasteiger charge is -2.03. The van der Waals surface area contributed by atoms with E-state index in [0.717, 1.165) is 5.56 Å². The van der Waals surface area contributed by atoms with Gasteiger partial charge in [-0.3, -0.25) is 14.9 Å². The summed E-state index contributed by atoms with van der Waals surface area (Å²) < 4.78 is 4.68. The van der Waals surface area contributed by atoms with Crippen molar-refractivity contribution in [2.24, 2.45) is 0 Å². The Morgan fingerprint density at radius 2 is 2.19 bits per heavy atom. The summed E-state index contributed by atoms with van der Waals surface area (Å²) in [5.41, 5.74) is 1.22. The van der Waals surface area contributed by atoms with Crippen molar-refractivity contribution in [3.63, 3.8) is 0 Å². The molecule has 0 aliphatic heterocycles. The number of nitro benzene ring substituents is 1. The maximum Gasteiger partial charge on any atom is 0.273 e. The molecule has 0 saturated heterocycles. The summed E-state index contributed by atoms with van der Waals surface area (Å²) in [7, 11) is 1.42. The molecule has 16 heavy (non-hydrogen) atoms. The van der Waals surface area contributed by atoms with E-state index < -0.39 is 4.92 Å². The fourth-order valence-corrected chi connectivity index (χ4v) is 1.42. The summed E-state index contributed by atoms with van der Waals surface area (Å²) in [6.45, 7) is 1.75. The predicted molar refractivity (Wildman–Crippen MR) is 58.4 cm³/mol. The van der Waals surface area contributed by atoms with E-state index in [2.05, 4.69) is 4.74 Å². The van der Waals surface area contributed by atoms with Crippen LogP contribution in [0.3, 0.4) is 0 Å². The first-order valence-electron chi connectivity index (χ1n) is 4.79. The van der Waals surface area contributed by atoms with E-state index in [1.54, 1.807) is 19.1 Å². The number of carbonyl (C=O) groups excluding carboxylic acids is 1. The Labute approximate surface area is 93.2 Å². The summed E-state index contributed by atoms with van der Waals surface area (Å²) in [6, 6.07) is 4.83. The molecule has 86 valence electrons. The van der Waals surface area contributed by atoms with Gasteiger partial charge < -0.3 is 4.74 Å². The van der Waals surface area contributed by atoms with E-state index >= 15 is 0 Å². The summed E-state index contributed by atoms with van der Waals surface area (Å²) in [5.74, 6) is -0.172. The van der Waals surface area contributed by atoms with Crippen LogP contribution in [0.1, 0.15) is 11.1 Å². The fourth-order valence-electron chi connectivity index (χ4n) is 1.42. The van der Waals surface area contributed by atoms with Crippen LogP contribution in [0, 0.1) is 17.0 Å². The molecule has 0 N–H and O–H groups in total. The second-order valence-corrected chi connectivity index (χ2v) is 3.54. The van der Waals surface area contributed by atoms with Gasteiger partial charge in [-0.1, -0.05) is 12.1 Å². The van der Waals surface area contributed by atoms with Gasteiger partial charge in [0.15, 0.2) is 5.78 Å². The maximum atomic E-state index is 11.3. The summed E-state index contributed by atoms with van der Waals surface area (Å²) in [6.07, 6.45) is 0.0322. The molecule has 0 atom stereocenters. The maximum absolute atomic E-state index is 11.3. The molecule has 0 radical (unpaired) electrons. The van der Waals surface area contributed by atoms with Gasteiger partial charge in [0, 0.05) is 25.2 Å². The van der Waals surface area contributed by atoms with Gasteiger partial charge in [-0.15, -0.1) is 0 Å². The Bertz CT molecular complexity index is 414. The number of hydrogen-bond donors (Lipinski definition) is 0. The van der Waals surface area contributed by atoms with Crippen LogP contribution < -0.4 is 0 Å². The second-order valence-electron chi connectivity index (χ2n) is 3.54. The van der Waals surface area contributed by atoms with Crippen LogP contribution in [0.25, 0.3) is 0 Å². The summed E-state index contributed by atoms with van der Waals surface area (Å²) in [5, 5.41) is 10.8. The number of nitro groups is 1. The van der Waals surface area contributed by atoms with E-state index in [-0.39, 0.29) is 24.5 Å². The lowest BCUT2D eigenvalue weighted by molar-refractivity contribution is -0.385. The number of hydrogen-bond acceptors (Lipinski definition) is 4. The SMILES string of the molecule is COCC(=O)Cc1ccc(C)cc1[N+](=O)[O-]. The topological polar surface area (TPSA) is 69.4 Å². The zero-order chi connectivity index (χ0) is 12.1. The molecule has 0 amide bonds. The Balaban J connectivity index is 2.95. The van der Waals surface area contributed by atoms with Gasteiger partial charge in [-0.05, 0) is 12.5 Å². The minimum atomic E-state index is -0.470. The van der Waals surface area contributed by atoms with Crippen LogP contribution in [0.5, 0.6) is 0 Å². The van der Waals surface area contributed by atoms with Gasteiger partial charge in [0.05, 0.1) is 4.92 Å². The molecule has 0 unspecified atom stereocenters. The standard InChI is InChI=1S/C11H13NO4/c1-8-3-4-9(6-10(13)7-16-2)11(5-8)12(14)15/h3-5H,6-7H2,1-2H3. The average Bonchev–Trinajstić information content (AvgIpc) is 2.20. The first-order chi connectivity index (χ1) is 7.54. The van der Waals surface area contributed by atoms with Gasteiger partial charge in [-0.2, -0.15) is 0 Å². The van der Waals surface area contributed by atoms with Crippen molar-refractivity contribution in [1.29, 1.82) is 0 Å². The van der Waals surface area contributed by atoms with Gasteiger partial charge in [-0.25, -0.2) is 0 Å². The third kappa shape index (κ3) is 3.13. The highest BCUT2D eigenvalue weighted by Crippen LogP contribution is 2.20. The molecule has 1 aromatic carbocycles. The monoisotopic (exact) mass is 223 g/mol. The van der Waals surface area contributed by atoms with E-state index in [0.29, 0.717) is 5.56 Å². The number of nitrogens with zero attached hydrogens (tertiary/aromatic N) is 1. The first kappa shape index (κ1) is 12.3. The highest BCUT2D eigenvalue weighted by Gasteiger charge is 2.16. The minimum Gasteiger partial charge on any atom is -0.377 e. The quantitative estimate of drug-likeness (QED) is 0.562. The van der Waals surface area contributed by atoms with E-state index in [1.165, 1.54) is 13.2 Å². The molecule has 0 aliphatic rings. The molecule has 5 heteroatoms. The first-order valence-corrected chi connectivity index (χ1v) is 4.79. The van der Waals surface area contributed by atoms with Crippen molar-refractivity contribution in [2.45, 2.75) is 13.3 Å². The number of carbonyl (C=O) groups is 1.